The van der Waals surface area contributed by atoms with Gasteiger partial charge in [0.1, 0.15) is 17.3 Å². The Bertz CT molecular complexity index is 552. The highest BCUT2D eigenvalue weighted by atomic mass is 19.1. The number of carbonyl (C=O) groups is 1. The standard InChI is InChI=1S/C10H6F2N2O2/c11-6-1-2-7(12)9(5-6)14-4-3-8(13-14)10(15)16/h1-5H,(H,15,16). The van der Waals surface area contributed by atoms with Crippen molar-refractivity contribution in [1.29, 1.82) is 0 Å². The van der Waals surface area contributed by atoms with Gasteiger partial charge in [-0.15, -0.1) is 0 Å². The van der Waals surface area contributed by atoms with Crippen LogP contribution in [0.25, 0.3) is 5.69 Å². The summed E-state index contributed by atoms with van der Waals surface area (Å²) in [6.07, 6.45) is 1.25. The largest absolute Gasteiger partial charge is 0.476 e. The van der Waals surface area contributed by atoms with Gasteiger partial charge in [-0.25, -0.2) is 18.3 Å². The number of hydrogen-bond donors (Lipinski definition) is 1. The lowest BCUT2D eigenvalue weighted by molar-refractivity contribution is 0.0690. The molecule has 0 bridgehead atoms. The summed E-state index contributed by atoms with van der Waals surface area (Å²) in [6, 6.07) is 4.06. The second kappa shape index (κ2) is 3.73. The third kappa shape index (κ3) is 1.77. The number of nitrogens with zero attached hydrogens (tertiary/aromatic N) is 2. The Morgan fingerprint density at radius 2 is 2.06 bits per heavy atom. The Kier molecular flexibility index (Phi) is 2.40. The lowest BCUT2D eigenvalue weighted by Crippen LogP contribution is -2.03. The number of aromatic carboxylic acids is 1. The van der Waals surface area contributed by atoms with E-state index in [4.69, 9.17) is 5.11 Å². The molecule has 1 N–H and O–H groups in total. The summed E-state index contributed by atoms with van der Waals surface area (Å²) < 4.78 is 27.1. The number of halogens is 2. The maximum atomic E-state index is 13.3. The summed E-state index contributed by atoms with van der Waals surface area (Å²) in [6.45, 7) is 0. The summed E-state index contributed by atoms with van der Waals surface area (Å²) in [4.78, 5) is 10.6. The van der Waals surface area contributed by atoms with Crippen LogP contribution in [-0.4, -0.2) is 20.9 Å². The topological polar surface area (TPSA) is 55.1 Å². The Morgan fingerprint density at radius 1 is 1.31 bits per heavy atom. The van der Waals surface area contributed by atoms with Crippen LogP contribution in [0.2, 0.25) is 0 Å². The van der Waals surface area contributed by atoms with E-state index in [-0.39, 0.29) is 11.4 Å². The molecule has 82 valence electrons. The summed E-state index contributed by atoms with van der Waals surface area (Å²) >= 11 is 0. The van der Waals surface area contributed by atoms with E-state index in [0.717, 1.165) is 22.9 Å². The van der Waals surface area contributed by atoms with Crippen molar-refractivity contribution < 1.29 is 18.7 Å². The molecule has 0 amide bonds. The van der Waals surface area contributed by atoms with Crippen LogP contribution >= 0.6 is 0 Å². The van der Waals surface area contributed by atoms with Crippen molar-refractivity contribution in [3.8, 4) is 5.69 Å². The van der Waals surface area contributed by atoms with E-state index in [2.05, 4.69) is 5.10 Å². The van der Waals surface area contributed by atoms with Crippen LogP contribution in [0.3, 0.4) is 0 Å². The molecule has 4 nitrogen and oxygen atoms in total. The molecule has 1 aromatic carbocycles. The molecule has 0 saturated carbocycles. The van der Waals surface area contributed by atoms with Crippen LogP contribution in [0.15, 0.2) is 30.5 Å². The molecule has 0 radical (unpaired) electrons. The predicted molar refractivity (Wildman–Crippen MR) is 50.4 cm³/mol. The number of benzene rings is 1. The van der Waals surface area contributed by atoms with Gasteiger partial charge in [0.25, 0.3) is 0 Å². The maximum Gasteiger partial charge on any atom is 0.356 e. The third-order valence-corrected chi connectivity index (χ3v) is 1.96. The van der Waals surface area contributed by atoms with Crippen LogP contribution in [0.1, 0.15) is 10.5 Å². The summed E-state index contributed by atoms with van der Waals surface area (Å²) in [5.74, 6) is -2.53. The Labute approximate surface area is 88.7 Å². The van der Waals surface area contributed by atoms with E-state index in [1.54, 1.807) is 0 Å². The van der Waals surface area contributed by atoms with Gasteiger partial charge < -0.3 is 5.11 Å². The SMILES string of the molecule is O=C(O)c1ccn(-c2cc(F)ccc2F)n1. The fourth-order valence-electron chi connectivity index (χ4n) is 1.23. The molecule has 1 aromatic heterocycles. The molecule has 0 fully saturated rings. The van der Waals surface area contributed by atoms with E-state index < -0.39 is 17.6 Å². The zero-order valence-corrected chi connectivity index (χ0v) is 7.89. The second-order valence-corrected chi connectivity index (χ2v) is 3.05. The lowest BCUT2D eigenvalue weighted by Gasteiger charge is -2.02. The first-order valence-electron chi connectivity index (χ1n) is 4.32. The Hall–Kier alpha value is -2.24. The number of hydrogen-bond acceptors (Lipinski definition) is 2. The molecule has 1 heterocycles. The number of carboxylic acid groups (broad SMARTS) is 1. The van der Waals surface area contributed by atoms with Crippen molar-refractivity contribution in [2.75, 3.05) is 0 Å². The fraction of sp³-hybridized carbons (Fsp3) is 0. The zero-order valence-electron chi connectivity index (χ0n) is 7.89. The Balaban J connectivity index is 2.50. The van der Waals surface area contributed by atoms with Gasteiger partial charge in [0.2, 0.25) is 0 Å². The Morgan fingerprint density at radius 3 is 2.69 bits per heavy atom. The molecule has 0 unspecified atom stereocenters. The molecule has 0 aliphatic rings. The minimum Gasteiger partial charge on any atom is -0.476 e. The zero-order chi connectivity index (χ0) is 11.7. The molecule has 0 saturated heterocycles. The third-order valence-electron chi connectivity index (χ3n) is 1.96. The average Bonchev–Trinajstić information content (AvgIpc) is 2.70. The lowest BCUT2D eigenvalue weighted by atomic mass is 10.3. The van der Waals surface area contributed by atoms with E-state index >= 15 is 0 Å². The van der Waals surface area contributed by atoms with Gasteiger partial charge in [-0.3, -0.25) is 0 Å². The molecule has 0 spiro atoms. The maximum absolute atomic E-state index is 13.3. The van der Waals surface area contributed by atoms with Crippen molar-refractivity contribution >= 4 is 5.97 Å². The highest BCUT2D eigenvalue weighted by molar-refractivity contribution is 5.85. The van der Waals surface area contributed by atoms with Crippen LogP contribution in [0.4, 0.5) is 8.78 Å². The molecule has 0 atom stereocenters. The van der Waals surface area contributed by atoms with Crippen LogP contribution in [0.5, 0.6) is 0 Å². The van der Waals surface area contributed by atoms with Gasteiger partial charge in [-0.2, -0.15) is 5.10 Å². The number of aromatic nitrogens is 2. The van der Waals surface area contributed by atoms with Gasteiger partial charge in [0.15, 0.2) is 5.69 Å². The molecule has 16 heavy (non-hydrogen) atoms. The van der Waals surface area contributed by atoms with Crippen molar-refractivity contribution in [2.24, 2.45) is 0 Å². The summed E-state index contributed by atoms with van der Waals surface area (Å²) in [5, 5.41) is 12.2. The number of rotatable bonds is 2. The second-order valence-electron chi connectivity index (χ2n) is 3.05. The van der Waals surface area contributed by atoms with E-state index in [1.165, 1.54) is 12.3 Å². The summed E-state index contributed by atoms with van der Waals surface area (Å²) in [7, 11) is 0. The highest BCUT2D eigenvalue weighted by Crippen LogP contribution is 2.14. The van der Waals surface area contributed by atoms with E-state index in [0.29, 0.717) is 0 Å². The van der Waals surface area contributed by atoms with Crippen molar-refractivity contribution in [3.05, 3.63) is 47.8 Å². The smallest absolute Gasteiger partial charge is 0.356 e. The quantitative estimate of drug-likeness (QED) is 0.846. The van der Waals surface area contributed by atoms with Crippen LogP contribution < -0.4 is 0 Å². The van der Waals surface area contributed by atoms with E-state index in [9.17, 15) is 13.6 Å². The molecule has 2 aromatic rings. The number of carboxylic acids is 1. The molecule has 0 aliphatic carbocycles. The van der Waals surface area contributed by atoms with Gasteiger partial charge >= 0.3 is 5.97 Å². The van der Waals surface area contributed by atoms with Crippen LogP contribution in [0, 0.1) is 11.6 Å². The minimum atomic E-state index is -1.23. The normalized spacial score (nSPS) is 10.4. The average molecular weight is 224 g/mol. The van der Waals surface area contributed by atoms with Crippen molar-refractivity contribution in [1.82, 2.24) is 9.78 Å². The van der Waals surface area contributed by atoms with Crippen LogP contribution in [-0.2, 0) is 0 Å². The molecular formula is C10H6F2N2O2. The molecular weight excluding hydrogens is 218 g/mol. The van der Waals surface area contributed by atoms with Crippen molar-refractivity contribution in [2.45, 2.75) is 0 Å². The van der Waals surface area contributed by atoms with Gasteiger partial charge in [0, 0.05) is 12.3 Å². The highest BCUT2D eigenvalue weighted by Gasteiger charge is 2.11. The van der Waals surface area contributed by atoms with Gasteiger partial charge in [-0.05, 0) is 18.2 Å². The molecule has 2 rings (SSSR count). The van der Waals surface area contributed by atoms with Gasteiger partial charge in [-0.1, -0.05) is 0 Å². The molecule has 6 heteroatoms. The monoisotopic (exact) mass is 224 g/mol. The van der Waals surface area contributed by atoms with Crippen molar-refractivity contribution in [3.63, 3.8) is 0 Å². The minimum absolute atomic E-state index is 0.132. The summed E-state index contributed by atoms with van der Waals surface area (Å²) in [5.41, 5.74) is -0.365. The predicted octanol–water partition coefficient (Wildman–Crippen LogP) is 1.85. The van der Waals surface area contributed by atoms with Gasteiger partial charge in [0.05, 0.1) is 0 Å². The molecule has 0 aliphatic heterocycles. The fourth-order valence-corrected chi connectivity index (χ4v) is 1.23. The first-order chi connectivity index (χ1) is 7.58. The first kappa shape index (κ1) is 10.3. The van der Waals surface area contributed by atoms with E-state index in [1.807, 2.05) is 0 Å². The first-order valence-corrected chi connectivity index (χ1v) is 4.32.